The van der Waals surface area contributed by atoms with Crippen molar-refractivity contribution in [3.8, 4) is 0 Å². The third-order valence-corrected chi connectivity index (χ3v) is 3.93. The van der Waals surface area contributed by atoms with Gasteiger partial charge in [0.2, 0.25) is 0 Å². The van der Waals surface area contributed by atoms with Crippen LogP contribution < -0.4 is 5.32 Å². The van der Waals surface area contributed by atoms with Gasteiger partial charge in [0.05, 0.1) is 0 Å². The molecule has 0 aliphatic carbocycles. The molecule has 0 atom stereocenters. The molecule has 4 heteroatoms. The monoisotopic (exact) mass is 335 g/mol. The molecule has 0 aromatic heterocycles. The molecule has 0 radical (unpaired) electrons. The van der Waals surface area contributed by atoms with Crippen LogP contribution in [0.3, 0.4) is 0 Å². The molecule has 1 N–H and O–H groups in total. The van der Waals surface area contributed by atoms with Crippen LogP contribution >= 0.6 is 27.5 Å². The predicted molar refractivity (Wildman–Crippen MR) is 79.5 cm³/mol. The fourth-order valence-corrected chi connectivity index (χ4v) is 2.46. The molecule has 0 heterocycles. The number of nitrogens with one attached hydrogen (secondary N) is 1. The smallest absolute Gasteiger partial charge is 0.124 e. The summed E-state index contributed by atoms with van der Waals surface area (Å²) in [6.45, 7) is 6.12. The van der Waals surface area contributed by atoms with E-state index in [1.54, 1.807) is 6.07 Å². The lowest BCUT2D eigenvalue weighted by Crippen LogP contribution is -2.29. The molecule has 0 saturated carbocycles. The Labute approximate surface area is 122 Å². The average molecular weight is 337 g/mol. The molecular weight excluding hydrogens is 317 g/mol. The molecule has 0 amide bonds. The zero-order chi connectivity index (χ0) is 13.6. The molecule has 0 saturated heterocycles. The van der Waals surface area contributed by atoms with Gasteiger partial charge in [0.25, 0.3) is 0 Å². The summed E-state index contributed by atoms with van der Waals surface area (Å²) in [5, 5.41) is 3.42. The maximum Gasteiger partial charge on any atom is 0.124 e. The lowest BCUT2D eigenvalue weighted by atomic mass is 9.88. The summed E-state index contributed by atoms with van der Waals surface area (Å²) >= 11 is 9.08. The zero-order valence-corrected chi connectivity index (χ0v) is 13.2. The summed E-state index contributed by atoms with van der Waals surface area (Å²) in [7, 11) is 0. The minimum absolute atomic E-state index is 0.215. The van der Waals surface area contributed by atoms with Crippen LogP contribution in [-0.4, -0.2) is 12.4 Å². The van der Waals surface area contributed by atoms with Crippen molar-refractivity contribution in [3.63, 3.8) is 0 Å². The summed E-state index contributed by atoms with van der Waals surface area (Å²) in [4.78, 5) is 0. The van der Waals surface area contributed by atoms with Crippen molar-refractivity contribution >= 4 is 27.5 Å². The second kappa shape index (κ2) is 7.46. The van der Waals surface area contributed by atoms with Crippen molar-refractivity contribution in [3.05, 3.63) is 34.1 Å². The normalized spacial score (nSPS) is 11.8. The van der Waals surface area contributed by atoms with Crippen molar-refractivity contribution in [2.24, 2.45) is 5.41 Å². The van der Waals surface area contributed by atoms with Crippen LogP contribution in [0.25, 0.3) is 0 Å². The van der Waals surface area contributed by atoms with Crippen molar-refractivity contribution < 1.29 is 4.39 Å². The van der Waals surface area contributed by atoms with Crippen LogP contribution in [0.1, 0.15) is 32.3 Å². The maximum atomic E-state index is 12.9. The van der Waals surface area contributed by atoms with Gasteiger partial charge in [-0.25, -0.2) is 4.39 Å². The maximum absolute atomic E-state index is 12.9. The lowest BCUT2D eigenvalue weighted by molar-refractivity contribution is 0.311. The van der Waals surface area contributed by atoms with Gasteiger partial charge < -0.3 is 5.32 Å². The van der Waals surface area contributed by atoms with E-state index in [0.717, 1.165) is 36.0 Å². The number of hydrogen-bond acceptors (Lipinski definition) is 1. The van der Waals surface area contributed by atoms with E-state index in [1.165, 1.54) is 12.1 Å². The number of halogens is 3. The molecule has 1 aromatic rings. The van der Waals surface area contributed by atoms with Crippen molar-refractivity contribution in [1.29, 1.82) is 0 Å². The summed E-state index contributed by atoms with van der Waals surface area (Å²) in [6, 6.07) is 4.79. The minimum atomic E-state index is -0.215. The largest absolute Gasteiger partial charge is 0.312 e. The van der Waals surface area contributed by atoms with Gasteiger partial charge in [-0.2, -0.15) is 0 Å². The van der Waals surface area contributed by atoms with Crippen LogP contribution in [0.4, 0.5) is 4.39 Å². The Bertz CT molecular complexity index is 382. The molecule has 1 aromatic carbocycles. The lowest BCUT2D eigenvalue weighted by Gasteiger charge is -2.24. The van der Waals surface area contributed by atoms with Gasteiger partial charge in [0, 0.05) is 23.4 Å². The first-order valence-electron chi connectivity index (χ1n) is 6.15. The first-order valence-corrected chi connectivity index (χ1v) is 7.48. The fraction of sp³-hybridized carbons (Fsp3) is 0.571. The number of rotatable bonds is 7. The molecule has 0 spiro atoms. The third kappa shape index (κ3) is 5.68. The Morgan fingerprint density at radius 2 is 2.11 bits per heavy atom. The average Bonchev–Trinajstić information content (AvgIpc) is 2.29. The van der Waals surface area contributed by atoms with E-state index in [1.807, 2.05) is 0 Å². The quantitative estimate of drug-likeness (QED) is 0.710. The molecule has 0 fully saturated rings. The van der Waals surface area contributed by atoms with Gasteiger partial charge in [0.1, 0.15) is 5.82 Å². The summed E-state index contributed by atoms with van der Waals surface area (Å²) in [5.41, 5.74) is 1.31. The van der Waals surface area contributed by atoms with Crippen LogP contribution in [-0.2, 0) is 6.54 Å². The standard InChI is InChI=1S/C14H20BrClFN/c1-14(2,6-3-7-16)10-18-9-11-4-5-12(17)8-13(11)15/h4-5,8,18H,3,6-7,9-10H2,1-2H3. The first kappa shape index (κ1) is 15.9. The van der Waals surface area contributed by atoms with Gasteiger partial charge in [-0.1, -0.05) is 35.8 Å². The van der Waals surface area contributed by atoms with E-state index < -0.39 is 0 Å². The molecule has 1 rings (SSSR count). The zero-order valence-electron chi connectivity index (χ0n) is 10.9. The summed E-state index contributed by atoms with van der Waals surface area (Å²) < 4.78 is 13.7. The van der Waals surface area contributed by atoms with E-state index in [2.05, 4.69) is 35.1 Å². The van der Waals surface area contributed by atoms with Crippen molar-refractivity contribution in [2.75, 3.05) is 12.4 Å². The van der Waals surface area contributed by atoms with E-state index in [4.69, 9.17) is 11.6 Å². The van der Waals surface area contributed by atoms with Crippen molar-refractivity contribution in [1.82, 2.24) is 5.32 Å². The minimum Gasteiger partial charge on any atom is -0.312 e. The molecule has 18 heavy (non-hydrogen) atoms. The number of hydrogen-bond donors (Lipinski definition) is 1. The highest BCUT2D eigenvalue weighted by molar-refractivity contribution is 9.10. The van der Waals surface area contributed by atoms with Gasteiger partial charge in [0.15, 0.2) is 0 Å². The Kier molecular flexibility index (Phi) is 6.61. The molecule has 0 aliphatic rings. The van der Waals surface area contributed by atoms with Crippen LogP contribution in [0, 0.1) is 11.2 Å². The Morgan fingerprint density at radius 3 is 2.72 bits per heavy atom. The first-order chi connectivity index (χ1) is 8.44. The van der Waals surface area contributed by atoms with Gasteiger partial charge in [-0.05, 0) is 36.0 Å². The van der Waals surface area contributed by atoms with Crippen LogP contribution in [0.5, 0.6) is 0 Å². The third-order valence-electron chi connectivity index (χ3n) is 2.92. The fourth-order valence-electron chi connectivity index (χ4n) is 1.83. The Hall–Kier alpha value is -0.120. The van der Waals surface area contributed by atoms with Crippen LogP contribution in [0.2, 0.25) is 0 Å². The topological polar surface area (TPSA) is 12.0 Å². The second-order valence-electron chi connectivity index (χ2n) is 5.30. The molecule has 0 bridgehead atoms. The van der Waals surface area contributed by atoms with Crippen molar-refractivity contribution in [2.45, 2.75) is 33.2 Å². The Balaban J connectivity index is 2.41. The second-order valence-corrected chi connectivity index (χ2v) is 6.53. The highest BCUT2D eigenvalue weighted by Gasteiger charge is 2.16. The molecule has 102 valence electrons. The molecule has 1 nitrogen and oxygen atoms in total. The van der Waals surface area contributed by atoms with Gasteiger partial charge >= 0.3 is 0 Å². The number of benzene rings is 1. The summed E-state index contributed by atoms with van der Waals surface area (Å²) in [6.07, 6.45) is 2.14. The van der Waals surface area contributed by atoms with E-state index in [-0.39, 0.29) is 11.2 Å². The molecule has 0 unspecified atom stereocenters. The van der Waals surface area contributed by atoms with Gasteiger partial charge in [-0.3, -0.25) is 0 Å². The molecular formula is C14H20BrClFN. The Morgan fingerprint density at radius 1 is 1.39 bits per heavy atom. The van der Waals surface area contributed by atoms with Crippen LogP contribution in [0.15, 0.2) is 22.7 Å². The molecule has 0 aliphatic heterocycles. The van der Waals surface area contributed by atoms with E-state index in [9.17, 15) is 4.39 Å². The summed E-state index contributed by atoms with van der Waals surface area (Å²) in [5.74, 6) is 0.500. The SMILES string of the molecule is CC(C)(CCCCl)CNCc1ccc(F)cc1Br. The van der Waals surface area contributed by atoms with E-state index in [0.29, 0.717) is 5.88 Å². The number of alkyl halides is 1. The van der Waals surface area contributed by atoms with E-state index >= 15 is 0 Å². The highest BCUT2D eigenvalue weighted by Crippen LogP contribution is 2.22. The highest BCUT2D eigenvalue weighted by atomic mass is 79.9. The van der Waals surface area contributed by atoms with Gasteiger partial charge in [-0.15, -0.1) is 11.6 Å². The predicted octanol–water partition coefficient (Wildman–Crippen LogP) is 4.72.